The Morgan fingerprint density at radius 2 is 2.28 bits per heavy atom. The van der Waals surface area contributed by atoms with E-state index in [-0.39, 0.29) is 10.9 Å². The van der Waals surface area contributed by atoms with Gasteiger partial charge in [0.2, 0.25) is 5.96 Å². The van der Waals surface area contributed by atoms with E-state index in [0.29, 0.717) is 18.2 Å². The van der Waals surface area contributed by atoms with Crippen LogP contribution in [0.5, 0.6) is 0 Å². The van der Waals surface area contributed by atoms with Crippen molar-refractivity contribution in [3.05, 3.63) is 18.5 Å². The van der Waals surface area contributed by atoms with Crippen molar-refractivity contribution in [1.29, 1.82) is 0 Å². The van der Waals surface area contributed by atoms with Crippen LogP contribution in [0.25, 0.3) is 0 Å². The molecule has 18 heavy (non-hydrogen) atoms. The maximum Gasteiger partial charge on any atom is 0.289 e. The van der Waals surface area contributed by atoms with Crippen molar-refractivity contribution in [2.24, 2.45) is 10.3 Å². The molecule has 1 aromatic rings. The number of hydrogen-bond donors (Lipinski definition) is 2. The number of anilines is 1. The lowest BCUT2D eigenvalue weighted by atomic mass is 10.2. The number of guanidine groups is 1. The van der Waals surface area contributed by atoms with Gasteiger partial charge in [-0.2, -0.15) is 8.42 Å². The molecule has 2 heterocycles. The molecule has 0 spiro atoms. The molecule has 1 aliphatic heterocycles. The Labute approximate surface area is 105 Å². The third-order valence-electron chi connectivity index (χ3n) is 2.11. The molecule has 7 nitrogen and oxygen atoms in total. The lowest BCUT2D eigenvalue weighted by Crippen LogP contribution is -2.35. The van der Waals surface area contributed by atoms with Crippen molar-refractivity contribution in [2.45, 2.75) is 18.7 Å². The number of nitrogens with one attached hydrogen (secondary N) is 2. The lowest BCUT2D eigenvalue weighted by Gasteiger charge is -2.18. The highest BCUT2D eigenvalue weighted by atomic mass is 32.2. The molecule has 0 atom stereocenters. The fraction of sp³-hybridized carbons (Fsp3) is 0.400. The van der Waals surface area contributed by atoms with E-state index in [1.54, 1.807) is 6.07 Å². The molecule has 0 unspecified atom stereocenters. The van der Waals surface area contributed by atoms with Gasteiger partial charge in [0.25, 0.3) is 10.0 Å². The van der Waals surface area contributed by atoms with Crippen molar-refractivity contribution in [3.63, 3.8) is 0 Å². The van der Waals surface area contributed by atoms with E-state index in [1.807, 2.05) is 13.8 Å². The Morgan fingerprint density at radius 3 is 3.00 bits per heavy atom. The van der Waals surface area contributed by atoms with E-state index in [4.69, 9.17) is 4.84 Å². The van der Waals surface area contributed by atoms with Crippen molar-refractivity contribution in [2.75, 3.05) is 11.9 Å². The van der Waals surface area contributed by atoms with Crippen molar-refractivity contribution >= 4 is 21.7 Å². The van der Waals surface area contributed by atoms with Gasteiger partial charge < -0.3 is 5.32 Å². The van der Waals surface area contributed by atoms with Gasteiger partial charge in [0, 0.05) is 12.4 Å². The smallest absolute Gasteiger partial charge is 0.289 e. The summed E-state index contributed by atoms with van der Waals surface area (Å²) in [6, 6.07) is 1.56. The third-order valence-corrected chi connectivity index (χ3v) is 3.42. The molecular formula is C10H14N4O3S. The zero-order valence-corrected chi connectivity index (χ0v) is 10.9. The highest BCUT2D eigenvalue weighted by Gasteiger charge is 2.24. The van der Waals surface area contributed by atoms with E-state index in [2.05, 4.69) is 20.2 Å². The summed E-state index contributed by atoms with van der Waals surface area (Å²) in [5.74, 6) is 0.379. The Morgan fingerprint density at radius 1 is 1.50 bits per heavy atom. The minimum Gasteiger partial charge on any atom is -0.322 e. The van der Waals surface area contributed by atoms with Gasteiger partial charge in [-0.05, 0) is 12.0 Å². The molecule has 0 aromatic carbocycles. The van der Waals surface area contributed by atoms with Crippen LogP contribution in [0.3, 0.4) is 0 Å². The van der Waals surface area contributed by atoms with E-state index in [9.17, 15) is 8.42 Å². The molecule has 0 bridgehead atoms. The minimum atomic E-state index is -3.72. The summed E-state index contributed by atoms with van der Waals surface area (Å²) < 4.78 is 27.2. The molecule has 0 radical (unpaired) electrons. The van der Waals surface area contributed by atoms with E-state index >= 15 is 0 Å². The number of fused-ring (bicyclic) bond motifs is 1. The predicted molar refractivity (Wildman–Crippen MR) is 66.4 cm³/mol. The highest BCUT2D eigenvalue weighted by Crippen LogP contribution is 2.24. The van der Waals surface area contributed by atoms with Gasteiger partial charge in [-0.1, -0.05) is 13.8 Å². The summed E-state index contributed by atoms with van der Waals surface area (Å²) in [6.07, 6.45) is 2.76. The fourth-order valence-electron chi connectivity index (χ4n) is 1.33. The van der Waals surface area contributed by atoms with Gasteiger partial charge in [-0.15, -0.1) is 4.40 Å². The average Bonchev–Trinajstić information content (AvgIpc) is 2.27. The molecule has 0 saturated heterocycles. The second-order valence-electron chi connectivity index (χ2n) is 4.22. The van der Waals surface area contributed by atoms with Crippen molar-refractivity contribution < 1.29 is 13.3 Å². The van der Waals surface area contributed by atoms with Gasteiger partial charge >= 0.3 is 0 Å². The van der Waals surface area contributed by atoms with Crippen LogP contribution in [0.2, 0.25) is 0 Å². The molecule has 0 amide bonds. The summed E-state index contributed by atoms with van der Waals surface area (Å²) in [6.45, 7) is 4.41. The number of pyridine rings is 1. The second-order valence-corrected chi connectivity index (χ2v) is 5.79. The first-order valence-electron chi connectivity index (χ1n) is 5.43. The Balaban J connectivity index is 2.16. The third kappa shape index (κ3) is 2.77. The standard InChI is InChI=1S/C10H14N4O3S/c1-7(2)6-17-13-10-12-8-3-4-11-5-9(8)18(15,16)14-10/h3-5,7H,6H2,1-2H3,(H2,12,13,14). The quantitative estimate of drug-likeness (QED) is 0.787. The number of aromatic nitrogens is 1. The van der Waals surface area contributed by atoms with E-state index in [0.717, 1.165) is 0 Å². The van der Waals surface area contributed by atoms with Gasteiger partial charge in [0.05, 0.1) is 12.3 Å². The minimum absolute atomic E-state index is 0.0503. The van der Waals surface area contributed by atoms with Crippen molar-refractivity contribution in [1.82, 2.24) is 10.5 Å². The van der Waals surface area contributed by atoms with Crippen LogP contribution in [-0.4, -0.2) is 26.0 Å². The number of nitrogens with zero attached hydrogens (tertiary/aromatic N) is 2. The molecule has 0 fully saturated rings. The first kappa shape index (κ1) is 12.8. The van der Waals surface area contributed by atoms with Crippen LogP contribution in [0, 0.1) is 5.92 Å². The van der Waals surface area contributed by atoms with Gasteiger partial charge in [0.1, 0.15) is 4.90 Å². The number of hydrogen-bond acceptors (Lipinski definition) is 6. The van der Waals surface area contributed by atoms with Crippen molar-refractivity contribution in [3.8, 4) is 0 Å². The maximum absolute atomic E-state index is 11.8. The normalized spacial score (nSPS) is 16.7. The molecule has 8 heteroatoms. The first-order valence-corrected chi connectivity index (χ1v) is 6.87. The highest BCUT2D eigenvalue weighted by molar-refractivity contribution is 7.90. The number of rotatable bonds is 3. The molecule has 2 rings (SSSR count). The monoisotopic (exact) mass is 270 g/mol. The molecule has 98 valence electrons. The van der Waals surface area contributed by atoms with Gasteiger partial charge in [-0.25, -0.2) is 5.48 Å². The zero-order valence-electron chi connectivity index (χ0n) is 10.0. The van der Waals surface area contributed by atoms with E-state index < -0.39 is 10.0 Å². The van der Waals surface area contributed by atoms with Crippen LogP contribution in [-0.2, 0) is 14.9 Å². The first-order chi connectivity index (χ1) is 8.49. The van der Waals surface area contributed by atoms with E-state index in [1.165, 1.54) is 12.4 Å². The van der Waals surface area contributed by atoms with Gasteiger partial charge in [0.15, 0.2) is 0 Å². The Hall–Kier alpha value is -1.67. The predicted octanol–water partition coefficient (Wildman–Crippen LogP) is 0.729. The molecule has 1 aliphatic rings. The van der Waals surface area contributed by atoms with Crippen LogP contribution >= 0.6 is 0 Å². The molecular weight excluding hydrogens is 256 g/mol. The van der Waals surface area contributed by atoms with Crippen LogP contribution < -0.4 is 10.8 Å². The fourth-order valence-corrected chi connectivity index (χ4v) is 2.34. The Bertz CT molecular complexity index is 568. The number of hydroxylamine groups is 1. The molecule has 2 N–H and O–H groups in total. The van der Waals surface area contributed by atoms with Gasteiger partial charge in [-0.3, -0.25) is 9.82 Å². The SMILES string of the molecule is CC(C)CONC1=NS(=O)(=O)c2cnccc2N1. The summed E-state index contributed by atoms with van der Waals surface area (Å²) >= 11 is 0. The average molecular weight is 270 g/mol. The lowest BCUT2D eigenvalue weighted by molar-refractivity contribution is 0.0641. The Kier molecular flexibility index (Phi) is 3.48. The number of sulfonamides is 1. The molecule has 1 aromatic heterocycles. The zero-order chi connectivity index (χ0) is 13.2. The summed E-state index contributed by atoms with van der Waals surface area (Å²) in [5, 5.41) is 2.82. The topological polar surface area (TPSA) is 92.7 Å². The summed E-state index contributed by atoms with van der Waals surface area (Å²) in [7, 11) is -3.72. The van der Waals surface area contributed by atoms with Crippen LogP contribution in [0.1, 0.15) is 13.8 Å². The molecule has 0 saturated carbocycles. The molecule has 0 aliphatic carbocycles. The maximum atomic E-state index is 11.8. The summed E-state index contributed by atoms with van der Waals surface area (Å²) in [5.41, 5.74) is 2.92. The second kappa shape index (κ2) is 4.91. The summed E-state index contributed by atoms with van der Waals surface area (Å²) in [4.78, 5) is 8.94. The van der Waals surface area contributed by atoms with Crippen LogP contribution in [0.15, 0.2) is 27.8 Å². The largest absolute Gasteiger partial charge is 0.322 e. The van der Waals surface area contributed by atoms with Crippen LogP contribution in [0.4, 0.5) is 5.69 Å².